The van der Waals surface area contributed by atoms with Crippen molar-refractivity contribution in [2.45, 2.75) is 37.6 Å². The number of thiazole rings is 1. The van der Waals surface area contributed by atoms with E-state index in [4.69, 9.17) is 16.2 Å². The zero-order valence-electron chi connectivity index (χ0n) is 13.8. The van der Waals surface area contributed by atoms with E-state index in [9.17, 15) is 13.6 Å². The summed E-state index contributed by atoms with van der Waals surface area (Å²) in [6, 6.07) is 1.30. The lowest BCUT2D eigenvalue weighted by Crippen LogP contribution is -2.36. The maximum Gasteiger partial charge on any atom is 0.351 e. The fraction of sp³-hybridized carbons (Fsp3) is 0.533. The summed E-state index contributed by atoms with van der Waals surface area (Å²) in [4.78, 5) is 22.8. The zero-order chi connectivity index (χ0) is 18.5. The van der Waals surface area contributed by atoms with Crippen LogP contribution in [-0.4, -0.2) is 44.6 Å². The molecule has 0 radical (unpaired) electrons. The molecule has 0 aliphatic carbocycles. The van der Waals surface area contributed by atoms with Crippen molar-refractivity contribution in [3.63, 3.8) is 0 Å². The number of aromatic nitrogens is 3. The molecule has 4 rings (SSSR count). The van der Waals surface area contributed by atoms with E-state index in [1.54, 1.807) is 0 Å². The van der Waals surface area contributed by atoms with Crippen LogP contribution in [0.4, 0.5) is 19.7 Å². The number of nitrogens with zero attached hydrogens (tertiary/aromatic N) is 4. The van der Waals surface area contributed by atoms with Gasteiger partial charge in [-0.2, -0.15) is 4.98 Å². The number of alkyl halides is 2. The van der Waals surface area contributed by atoms with Crippen molar-refractivity contribution in [3.8, 4) is 0 Å². The molecule has 2 aromatic rings. The number of hydrogen-bond donors (Lipinski definition) is 2. The van der Waals surface area contributed by atoms with Gasteiger partial charge < -0.3 is 16.2 Å². The highest BCUT2D eigenvalue weighted by atomic mass is 32.1. The van der Waals surface area contributed by atoms with Crippen molar-refractivity contribution in [1.82, 2.24) is 19.4 Å². The normalized spacial score (nSPS) is 25.3. The highest BCUT2D eigenvalue weighted by Gasteiger charge is 2.52. The second kappa shape index (κ2) is 6.25. The molecule has 2 aliphatic rings. The average molecular weight is 384 g/mol. The molecule has 0 spiro atoms. The molecular weight excluding hydrogens is 366 g/mol. The minimum atomic E-state index is -3.17. The average Bonchev–Trinajstić information content (AvgIpc) is 3.05. The van der Waals surface area contributed by atoms with Gasteiger partial charge in [-0.25, -0.2) is 18.6 Å². The van der Waals surface area contributed by atoms with E-state index in [0.29, 0.717) is 18.2 Å². The number of anilines is 2. The van der Waals surface area contributed by atoms with Crippen LogP contribution in [0.3, 0.4) is 0 Å². The second-order valence-corrected chi connectivity index (χ2v) is 7.64. The minimum Gasteiger partial charge on any atom is -0.383 e. The Kier molecular flexibility index (Phi) is 4.16. The van der Waals surface area contributed by atoms with Gasteiger partial charge in [-0.1, -0.05) is 0 Å². The number of fused-ring (bicyclic) bond motifs is 1. The maximum absolute atomic E-state index is 14.4. The summed E-state index contributed by atoms with van der Waals surface area (Å²) in [6.07, 6.45) is -0.855. The van der Waals surface area contributed by atoms with E-state index in [1.807, 2.05) is 4.90 Å². The number of hydrogen-bond acceptors (Lipinski definition) is 8. The van der Waals surface area contributed by atoms with Crippen molar-refractivity contribution >= 4 is 22.3 Å². The molecule has 2 atom stereocenters. The summed E-state index contributed by atoms with van der Waals surface area (Å²) in [7, 11) is 0. The van der Waals surface area contributed by atoms with Gasteiger partial charge in [-0.3, -0.25) is 9.47 Å². The van der Waals surface area contributed by atoms with Gasteiger partial charge in [0.15, 0.2) is 5.13 Å². The lowest BCUT2D eigenvalue weighted by atomic mass is 10.1. The molecule has 0 amide bonds. The van der Waals surface area contributed by atoms with Gasteiger partial charge in [-0.05, 0) is 12.5 Å². The first-order valence-electron chi connectivity index (χ1n) is 8.16. The third-order valence-corrected chi connectivity index (χ3v) is 5.56. The Balaban J connectivity index is 1.47. The van der Waals surface area contributed by atoms with Crippen molar-refractivity contribution in [2.24, 2.45) is 0 Å². The molecule has 1 saturated heterocycles. The van der Waals surface area contributed by atoms with Crippen LogP contribution < -0.4 is 17.2 Å². The monoisotopic (exact) mass is 384 g/mol. The molecular formula is C15H18F2N6O2S. The number of nitrogen functional groups attached to an aromatic ring is 2. The first-order valence-corrected chi connectivity index (χ1v) is 8.98. The lowest BCUT2D eigenvalue weighted by molar-refractivity contribution is -0.119. The van der Waals surface area contributed by atoms with E-state index in [1.165, 1.54) is 23.6 Å². The standard InChI is InChI=1S/C15H18F2N6O2S/c16-15(17)5-8(25-12(15)23-4-2-11(18)21-14(23)24)6-22-3-1-10-9(7-22)20-13(19)26-10/h2,4,8,12H,1,3,5-7H2,(H2,19,20)(H2,18,21,24)/t8?,12-/m1/s1. The summed E-state index contributed by atoms with van der Waals surface area (Å²) in [6.45, 7) is 1.62. The van der Waals surface area contributed by atoms with E-state index >= 15 is 0 Å². The van der Waals surface area contributed by atoms with Gasteiger partial charge >= 0.3 is 5.69 Å². The molecule has 1 unspecified atom stereocenters. The summed E-state index contributed by atoms with van der Waals surface area (Å²) in [5.74, 6) is -3.19. The minimum absolute atomic E-state index is 0.0178. The molecule has 0 saturated carbocycles. The van der Waals surface area contributed by atoms with E-state index in [0.717, 1.165) is 28.1 Å². The molecule has 0 bridgehead atoms. The largest absolute Gasteiger partial charge is 0.383 e. The molecule has 2 aromatic heterocycles. The zero-order valence-corrected chi connectivity index (χ0v) is 14.6. The Labute approximate surface area is 151 Å². The molecule has 8 nitrogen and oxygen atoms in total. The summed E-state index contributed by atoms with van der Waals surface area (Å²) < 4.78 is 35.2. The third-order valence-electron chi connectivity index (χ3n) is 4.57. The number of halogens is 2. The predicted octanol–water partition coefficient (Wildman–Crippen LogP) is 0.845. The van der Waals surface area contributed by atoms with Crippen LogP contribution in [-0.2, 0) is 17.7 Å². The number of nitrogens with two attached hydrogens (primary N) is 2. The Morgan fingerprint density at radius 3 is 2.96 bits per heavy atom. The first kappa shape index (κ1) is 17.3. The molecule has 0 aromatic carbocycles. The summed E-state index contributed by atoms with van der Waals surface area (Å²) in [5, 5.41) is 0.524. The molecule has 2 aliphatic heterocycles. The maximum atomic E-state index is 14.4. The quantitative estimate of drug-likeness (QED) is 0.806. The molecule has 1 fully saturated rings. The third kappa shape index (κ3) is 3.17. The Morgan fingerprint density at radius 1 is 1.38 bits per heavy atom. The highest BCUT2D eigenvalue weighted by molar-refractivity contribution is 7.15. The molecule has 26 heavy (non-hydrogen) atoms. The van der Waals surface area contributed by atoms with E-state index < -0.39 is 30.4 Å². The van der Waals surface area contributed by atoms with Gasteiger partial charge in [0.05, 0.1) is 11.8 Å². The van der Waals surface area contributed by atoms with E-state index in [2.05, 4.69) is 9.97 Å². The second-order valence-electron chi connectivity index (χ2n) is 6.52. The van der Waals surface area contributed by atoms with Gasteiger partial charge in [0.1, 0.15) is 5.82 Å². The van der Waals surface area contributed by atoms with Crippen molar-refractivity contribution < 1.29 is 13.5 Å². The predicted molar refractivity (Wildman–Crippen MR) is 91.9 cm³/mol. The fourth-order valence-electron chi connectivity index (χ4n) is 3.43. The lowest BCUT2D eigenvalue weighted by Gasteiger charge is -2.28. The van der Waals surface area contributed by atoms with Gasteiger partial charge in [0.2, 0.25) is 6.23 Å². The molecule has 11 heteroatoms. The van der Waals surface area contributed by atoms with Crippen molar-refractivity contribution in [2.75, 3.05) is 24.6 Å². The topological polar surface area (TPSA) is 112 Å². The highest BCUT2D eigenvalue weighted by Crippen LogP contribution is 2.42. The molecule has 4 heterocycles. The first-order chi connectivity index (χ1) is 12.3. The van der Waals surface area contributed by atoms with Crippen LogP contribution in [0.2, 0.25) is 0 Å². The van der Waals surface area contributed by atoms with Crippen LogP contribution in [0.15, 0.2) is 17.1 Å². The molecule has 4 N–H and O–H groups in total. The van der Waals surface area contributed by atoms with Crippen LogP contribution in [0.5, 0.6) is 0 Å². The summed E-state index contributed by atoms with van der Waals surface area (Å²) in [5.41, 5.74) is 11.2. The Bertz CT molecular complexity index is 885. The van der Waals surface area contributed by atoms with Gasteiger partial charge in [0.25, 0.3) is 5.92 Å². The van der Waals surface area contributed by atoms with Crippen LogP contribution in [0.25, 0.3) is 0 Å². The fourth-order valence-corrected chi connectivity index (χ4v) is 4.26. The smallest absolute Gasteiger partial charge is 0.351 e. The van der Waals surface area contributed by atoms with Crippen molar-refractivity contribution in [1.29, 1.82) is 0 Å². The Morgan fingerprint density at radius 2 is 2.19 bits per heavy atom. The number of ether oxygens (including phenoxy) is 1. The van der Waals surface area contributed by atoms with Crippen LogP contribution >= 0.6 is 11.3 Å². The van der Waals surface area contributed by atoms with Crippen LogP contribution in [0, 0.1) is 0 Å². The van der Waals surface area contributed by atoms with Crippen LogP contribution in [0.1, 0.15) is 23.2 Å². The Hall–Kier alpha value is -2.11. The molecule has 140 valence electrons. The van der Waals surface area contributed by atoms with Crippen molar-refractivity contribution in [3.05, 3.63) is 33.3 Å². The van der Waals surface area contributed by atoms with Gasteiger partial charge in [-0.15, -0.1) is 11.3 Å². The van der Waals surface area contributed by atoms with Gasteiger partial charge in [0, 0.05) is 37.1 Å². The number of rotatable bonds is 3. The summed E-state index contributed by atoms with van der Waals surface area (Å²) >= 11 is 1.47. The van der Waals surface area contributed by atoms with E-state index in [-0.39, 0.29) is 5.82 Å². The SMILES string of the molecule is Nc1ccn([C@@H]2OC(CN3CCc4sc(N)nc4C3)CC2(F)F)c(=O)n1.